The van der Waals surface area contributed by atoms with Gasteiger partial charge >= 0.3 is 0 Å². The first-order valence-corrected chi connectivity index (χ1v) is 4.57. The predicted molar refractivity (Wildman–Crippen MR) is 52.8 cm³/mol. The average molecular weight is 192 g/mol. The Labute approximate surface area is 80.7 Å². The zero-order valence-corrected chi connectivity index (χ0v) is 8.53. The van der Waals surface area contributed by atoms with Gasteiger partial charge in [-0.25, -0.2) is 0 Å². The quantitative estimate of drug-likeness (QED) is 0.677. The fourth-order valence-corrected chi connectivity index (χ4v) is 1.55. The summed E-state index contributed by atoms with van der Waals surface area (Å²) in [4.78, 5) is 13.4. The number of halogens is 1. The third-order valence-corrected chi connectivity index (χ3v) is 2.13. The Kier molecular flexibility index (Phi) is 6.39. The lowest BCUT2D eigenvalue weighted by Crippen LogP contribution is -2.26. The van der Waals surface area contributed by atoms with E-state index in [0.717, 1.165) is 25.9 Å². The molecule has 1 aliphatic heterocycles. The minimum absolute atomic E-state index is 0. The van der Waals surface area contributed by atoms with Crippen LogP contribution in [-0.2, 0) is 4.79 Å². The predicted octanol–water partition coefficient (Wildman–Crippen LogP) is 1.87. The molecular weight excluding hydrogens is 174 g/mol. The molecule has 0 atom stereocenters. The van der Waals surface area contributed by atoms with Crippen LogP contribution in [0.15, 0.2) is 0 Å². The SMILES string of the molecule is CCCC(=O)CN1CCCC1.Cl. The molecule has 1 saturated heterocycles. The lowest BCUT2D eigenvalue weighted by molar-refractivity contribution is -0.120. The molecule has 0 aliphatic carbocycles. The molecule has 72 valence electrons. The van der Waals surface area contributed by atoms with E-state index in [-0.39, 0.29) is 12.4 Å². The number of rotatable bonds is 4. The Balaban J connectivity index is 0.00000121. The highest BCUT2D eigenvalue weighted by molar-refractivity contribution is 5.85. The maximum absolute atomic E-state index is 11.2. The van der Waals surface area contributed by atoms with Gasteiger partial charge in [0.05, 0.1) is 6.54 Å². The number of carbonyl (C=O) groups is 1. The van der Waals surface area contributed by atoms with Gasteiger partial charge in [0.15, 0.2) is 0 Å². The zero-order chi connectivity index (χ0) is 8.10. The van der Waals surface area contributed by atoms with E-state index in [0.29, 0.717) is 12.3 Å². The number of hydrogen-bond donors (Lipinski definition) is 0. The largest absolute Gasteiger partial charge is 0.298 e. The van der Waals surface area contributed by atoms with Crippen molar-refractivity contribution in [1.82, 2.24) is 4.90 Å². The molecule has 0 aromatic carbocycles. The van der Waals surface area contributed by atoms with Gasteiger partial charge in [0.2, 0.25) is 0 Å². The van der Waals surface area contributed by atoms with Gasteiger partial charge in [0.25, 0.3) is 0 Å². The van der Waals surface area contributed by atoms with E-state index in [1.165, 1.54) is 12.8 Å². The average Bonchev–Trinajstić information content (AvgIpc) is 2.40. The molecule has 0 aromatic rings. The van der Waals surface area contributed by atoms with E-state index in [1.54, 1.807) is 0 Å². The number of ketones is 1. The Morgan fingerprint density at radius 3 is 2.42 bits per heavy atom. The van der Waals surface area contributed by atoms with Gasteiger partial charge in [0, 0.05) is 6.42 Å². The number of carbonyl (C=O) groups excluding carboxylic acids is 1. The first-order valence-electron chi connectivity index (χ1n) is 4.57. The summed E-state index contributed by atoms with van der Waals surface area (Å²) in [5, 5.41) is 0. The van der Waals surface area contributed by atoms with Crippen LogP contribution in [0.5, 0.6) is 0 Å². The van der Waals surface area contributed by atoms with Crippen molar-refractivity contribution in [2.24, 2.45) is 0 Å². The molecule has 0 N–H and O–H groups in total. The van der Waals surface area contributed by atoms with Crippen molar-refractivity contribution >= 4 is 18.2 Å². The number of nitrogens with zero attached hydrogens (tertiary/aromatic N) is 1. The van der Waals surface area contributed by atoms with Gasteiger partial charge in [0.1, 0.15) is 5.78 Å². The van der Waals surface area contributed by atoms with Crippen molar-refractivity contribution in [2.75, 3.05) is 19.6 Å². The molecule has 1 rings (SSSR count). The van der Waals surface area contributed by atoms with E-state index in [9.17, 15) is 4.79 Å². The van der Waals surface area contributed by atoms with Crippen LogP contribution in [0.4, 0.5) is 0 Å². The molecule has 0 unspecified atom stereocenters. The van der Waals surface area contributed by atoms with Crippen LogP contribution in [0, 0.1) is 0 Å². The van der Waals surface area contributed by atoms with Crippen molar-refractivity contribution in [3.8, 4) is 0 Å². The van der Waals surface area contributed by atoms with Crippen molar-refractivity contribution < 1.29 is 4.79 Å². The van der Waals surface area contributed by atoms with Crippen LogP contribution in [0.2, 0.25) is 0 Å². The third kappa shape index (κ3) is 4.07. The number of Topliss-reactive ketones (excluding diaryl/α,β-unsaturated/α-hetero) is 1. The van der Waals surface area contributed by atoms with E-state index >= 15 is 0 Å². The summed E-state index contributed by atoms with van der Waals surface area (Å²) in [5.41, 5.74) is 0. The molecule has 2 nitrogen and oxygen atoms in total. The first-order chi connectivity index (χ1) is 5.33. The topological polar surface area (TPSA) is 20.3 Å². The highest BCUT2D eigenvalue weighted by Crippen LogP contribution is 2.07. The van der Waals surface area contributed by atoms with Gasteiger partial charge in [-0.15, -0.1) is 12.4 Å². The van der Waals surface area contributed by atoms with Crippen molar-refractivity contribution in [2.45, 2.75) is 32.6 Å². The second-order valence-corrected chi connectivity index (χ2v) is 3.27. The summed E-state index contributed by atoms with van der Waals surface area (Å²) in [6.45, 7) is 5.03. The molecule has 0 saturated carbocycles. The minimum atomic E-state index is 0. The summed E-state index contributed by atoms with van der Waals surface area (Å²) in [6, 6.07) is 0. The molecule has 0 aromatic heterocycles. The normalized spacial score (nSPS) is 17.4. The molecule has 0 spiro atoms. The molecule has 0 bridgehead atoms. The van der Waals surface area contributed by atoms with E-state index in [4.69, 9.17) is 0 Å². The fourth-order valence-electron chi connectivity index (χ4n) is 1.55. The lowest BCUT2D eigenvalue weighted by Gasteiger charge is -2.12. The molecular formula is C9H18ClNO. The smallest absolute Gasteiger partial charge is 0.146 e. The molecule has 3 heteroatoms. The summed E-state index contributed by atoms with van der Waals surface area (Å²) in [6.07, 6.45) is 4.31. The first kappa shape index (κ1) is 11.9. The van der Waals surface area contributed by atoms with Gasteiger partial charge in [-0.3, -0.25) is 9.69 Å². The van der Waals surface area contributed by atoms with Crippen molar-refractivity contribution in [3.05, 3.63) is 0 Å². The molecule has 0 radical (unpaired) electrons. The van der Waals surface area contributed by atoms with E-state index in [2.05, 4.69) is 11.8 Å². The highest BCUT2D eigenvalue weighted by Gasteiger charge is 2.13. The van der Waals surface area contributed by atoms with Crippen LogP contribution >= 0.6 is 12.4 Å². The maximum Gasteiger partial charge on any atom is 0.146 e. The fraction of sp³-hybridized carbons (Fsp3) is 0.889. The van der Waals surface area contributed by atoms with Crippen LogP contribution < -0.4 is 0 Å². The third-order valence-electron chi connectivity index (χ3n) is 2.13. The van der Waals surface area contributed by atoms with Crippen molar-refractivity contribution in [3.63, 3.8) is 0 Å². The van der Waals surface area contributed by atoms with Gasteiger partial charge in [-0.1, -0.05) is 6.92 Å². The van der Waals surface area contributed by atoms with Crippen LogP contribution in [0.25, 0.3) is 0 Å². The van der Waals surface area contributed by atoms with Crippen LogP contribution in [-0.4, -0.2) is 30.3 Å². The second-order valence-electron chi connectivity index (χ2n) is 3.27. The van der Waals surface area contributed by atoms with Crippen molar-refractivity contribution in [1.29, 1.82) is 0 Å². The van der Waals surface area contributed by atoms with Crippen LogP contribution in [0.1, 0.15) is 32.6 Å². The molecule has 1 heterocycles. The van der Waals surface area contributed by atoms with E-state index < -0.39 is 0 Å². The molecule has 0 amide bonds. The summed E-state index contributed by atoms with van der Waals surface area (Å²) < 4.78 is 0. The molecule has 12 heavy (non-hydrogen) atoms. The summed E-state index contributed by atoms with van der Waals surface area (Å²) in [5.74, 6) is 0.411. The monoisotopic (exact) mass is 191 g/mol. The number of hydrogen-bond acceptors (Lipinski definition) is 2. The summed E-state index contributed by atoms with van der Waals surface area (Å²) in [7, 11) is 0. The highest BCUT2D eigenvalue weighted by atomic mass is 35.5. The Morgan fingerprint density at radius 2 is 1.92 bits per heavy atom. The lowest BCUT2D eigenvalue weighted by atomic mass is 10.2. The van der Waals surface area contributed by atoms with E-state index in [1.807, 2.05) is 0 Å². The molecule has 1 fully saturated rings. The maximum atomic E-state index is 11.2. The second kappa shape index (κ2) is 6.44. The standard InChI is InChI=1S/C9H17NO.ClH/c1-2-5-9(11)8-10-6-3-4-7-10;/h2-8H2,1H3;1H. The molecule has 1 aliphatic rings. The summed E-state index contributed by atoms with van der Waals surface area (Å²) >= 11 is 0. The Bertz CT molecular complexity index is 132. The van der Waals surface area contributed by atoms with Gasteiger partial charge in [-0.2, -0.15) is 0 Å². The minimum Gasteiger partial charge on any atom is -0.298 e. The Hall–Kier alpha value is -0.0800. The van der Waals surface area contributed by atoms with Gasteiger partial charge < -0.3 is 0 Å². The van der Waals surface area contributed by atoms with Crippen LogP contribution in [0.3, 0.4) is 0 Å². The zero-order valence-electron chi connectivity index (χ0n) is 7.71. The van der Waals surface area contributed by atoms with Gasteiger partial charge in [-0.05, 0) is 32.4 Å². The number of likely N-dealkylation sites (tertiary alicyclic amines) is 1. The Morgan fingerprint density at radius 1 is 1.33 bits per heavy atom.